The molecule has 3 fully saturated rings. The third-order valence-electron chi connectivity index (χ3n) is 6.69. The molecule has 1 saturated heterocycles. The minimum Gasteiger partial charge on any atom is -0.364 e. The van der Waals surface area contributed by atoms with Crippen molar-refractivity contribution >= 4 is 27.5 Å². The molecule has 2 aliphatic carbocycles. The summed E-state index contributed by atoms with van der Waals surface area (Å²) in [6.45, 7) is 5.29. The first kappa shape index (κ1) is 13.8. The normalized spacial score (nSPS) is 43.3. The van der Waals surface area contributed by atoms with Gasteiger partial charge in [-0.1, -0.05) is 26.0 Å². The molecule has 1 aliphatic heterocycles. The molecule has 3 nitrogen and oxygen atoms in total. The van der Waals surface area contributed by atoms with Crippen LogP contribution in [0.2, 0.25) is 0 Å². The third kappa shape index (κ3) is 1.45. The van der Waals surface area contributed by atoms with Gasteiger partial charge in [0.15, 0.2) is 5.60 Å². The maximum atomic E-state index is 13.0. The molecule has 3 aliphatic rings. The highest BCUT2D eigenvalue weighted by molar-refractivity contribution is 9.10. The highest BCUT2D eigenvalue weighted by atomic mass is 79.9. The highest BCUT2D eigenvalue weighted by Gasteiger charge is 2.78. The topological polar surface area (TPSA) is 38.3 Å². The lowest BCUT2D eigenvalue weighted by Gasteiger charge is -2.40. The third-order valence-corrected chi connectivity index (χ3v) is 7.38. The molecule has 4 heteroatoms. The first-order chi connectivity index (χ1) is 9.93. The molecule has 0 spiro atoms. The number of nitrogens with one attached hydrogen (secondary N) is 1. The van der Waals surface area contributed by atoms with Gasteiger partial charge in [-0.25, -0.2) is 0 Å². The first-order valence-electron chi connectivity index (χ1n) is 7.63. The summed E-state index contributed by atoms with van der Waals surface area (Å²) in [5.74, 6) is 0.657. The molecule has 1 amide bonds. The largest absolute Gasteiger partial charge is 0.364 e. The Bertz CT molecular complexity index is 633. The van der Waals surface area contributed by atoms with E-state index in [-0.39, 0.29) is 16.7 Å². The zero-order valence-electron chi connectivity index (χ0n) is 12.4. The summed E-state index contributed by atoms with van der Waals surface area (Å²) in [7, 11) is 0. The van der Waals surface area contributed by atoms with Crippen molar-refractivity contribution in [2.45, 2.75) is 38.7 Å². The number of amides is 1. The van der Waals surface area contributed by atoms with Crippen LogP contribution in [-0.4, -0.2) is 18.1 Å². The Balaban J connectivity index is 1.68. The highest BCUT2D eigenvalue weighted by Crippen LogP contribution is 2.75. The van der Waals surface area contributed by atoms with Gasteiger partial charge in [-0.3, -0.25) is 4.79 Å². The molecular weight excluding hydrogens is 330 g/mol. The van der Waals surface area contributed by atoms with E-state index in [4.69, 9.17) is 4.74 Å². The lowest BCUT2D eigenvalue weighted by Crippen LogP contribution is -2.52. The molecule has 21 heavy (non-hydrogen) atoms. The fourth-order valence-electron chi connectivity index (χ4n) is 5.04. The number of carbonyl (C=O) groups is 1. The lowest BCUT2D eigenvalue weighted by molar-refractivity contribution is -0.149. The fourth-order valence-corrected chi connectivity index (χ4v) is 5.43. The average molecular weight is 350 g/mol. The zero-order chi connectivity index (χ0) is 14.9. The van der Waals surface area contributed by atoms with Crippen molar-refractivity contribution in [3.8, 4) is 0 Å². The van der Waals surface area contributed by atoms with Crippen LogP contribution in [0, 0.1) is 16.7 Å². The summed E-state index contributed by atoms with van der Waals surface area (Å²) in [6, 6.07) is 7.73. The van der Waals surface area contributed by atoms with Crippen molar-refractivity contribution in [1.82, 2.24) is 0 Å². The Hall–Kier alpha value is -0.870. The van der Waals surface area contributed by atoms with E-state index in [1.54, 1.807) is 0 Å². The van der Waals surface area contributed by atoms with E-state index in [0.717, 1.165) is 29.6 Å². The number of halogens is 1. The van der Waals surface area contributed by atoms with Crippen LogP contribution < -0.4 is 5.32 Å². The molecule has 4 rings (SSSR count). The molecule has 4 bridgehead atoms. The summed E-state index contributed by atoms with van der Waals surface area (Å²) in [5, 5.41) is 3.09. The minimum absolute atomic E-state index is 0.0304. The Morgan fingerprint density at radius 1 is 1.38 bits per heavy atom. The molecule has 1 N–H and O–H groups in total. The Kier molecular flexibility index (Phi) is 2.69. The van der Waals surface area contributed by atoms with Crippen LogP contribution >= 0.6 is 15.9 Å². The molecule has 1 aromatic carbocycles. The quantitative estimate of drug-likeness (QED) is 0.876. The van der Waals surface area contributed by atoms with Gasteiger partial charge in [0.25, 0.3) is 5.91 Å². The van der Waals surface area contributed by atoms with Gasteiger partial charge in [0.05, 0.1) is 12.3 Å². The van der Waals surface area contributed by atoms with E-state index in [9.17, 15) is 4.79 Å². The van der Waals surface area contributed by atoms with Crippen molar-refractivity contribution < 1.29 is 9.53 Å². The summed E-state index contributed by atoms with van der Waals surface area (Å²) in [4.78, 5) is 13.0. The smallest absolute Gasteiger partial charge is 0.257 e. The van der Waals surface area contributed by atoms with Gasteiger partial charge in [0.1, 0.15) is 0 Å². The lowest BCUT2D eigenvalue weighted by atomic mass is 9.66. The van der Waals surface area contributed by atoms with Crippen molar-refractivity contribution in [2.24, 2.45) is 16.7 Å². The molecule has 2 saturated carbocycles. The number of carbonyl (C=O) groups excluding carboxylic acids is 1. The van der Waals surface area contributed by atoms with E-state index < -0.39 is 5.60 Å². The molecule has 0 radical (unpaired) electrons. The summed E-state index contributed by atoms with van der Waals surface area (Å²) in [5.41, 5.74) is 0.314. The van der Waals surface area contributed by atoms with Crippen molar-refractivity contribution in [2.75, 3.05) is 11.9 Å². The van der Waals surface area contributed by atoms with Crippen LogP contribution in [-0.2, 0) is 9.53 Å². The number of anilines is 1. The van der Waals surface area contributed by atoms with E-state index in [0.29, 0.717) is 5.92 Å². The van der Waals surface area contributed by atoms with Crippen LogP contribution in [0.5, 0.6) is 0 Å². The van der Waals surface area contributed by atoms with Crippen LogP contribution in [0.1, 0.15) is 33.1 Å². The summed E-state index contributed by atoms with van der Waals surface area (Å²) < 4.78 is 7.03. The van der Waals surface area contributed by atoms with Crippen molar-refractivity contribution in [3.63, 3.8) is 0 Å². The predicted octanol–water partition coefficient (Wildman–Crippen LogP) is 3.98. The maximum Gasteiger partial charge on any atom is 0.257 e. The number of rotatable bonds is 2. The Labute approximate surface area is 133 Å². The Morgan fingerprint density at radius 3 is 2.81 bits per heavy atom. The van der Waals surface area contributed by atoms with E-state index in [2.05, 4.69) is 35.1 Å². The van der Waals surface area contributed by atoms with Gasteiger partial charge in [0, 0.05) is 15.3 Å². The molecule has 0 aromatic heterocycles. The standard InChI is InChI=1S/C17H20BrNO2/c1-15-10-21-17(9-11(15)7-8-16(15,17)2)14(20)19-13-6-4-3-5-12(13)18/h3-6,11H,7-10H2,1-2H3,(H,19,20)/t11-,15+,16+,17+/m1/s1. The molecule has 1 heterocycles. The van der Waals surface area contributed by atoms with Gasteiger partial charge in [-0.05, 0) is 53.2 Å². The van der Waals surface area contributed by atoms with Crippen LogP contribution in [0.4, 0.5) is 5.69 Å². The molecule has 4 atom stereocenters. The van der Waals surface area contributed by atoms with E-state index in [1.807, 2.05) is 24.3 Å². The molecule has 1 aromatic rings. The number of hydrogen-bond donors (Lipinski definition) is 1. The second-order valence-corrected chi connectivity index (χ2v) is 8.09. The number of benzene rings is 1. The van der Waals surface area contributed by atoms with Gasteiger partial charge in [-0.2, -0.15) is 0 Å². The number of para-hydroxylation sites is 1. The SMILES string of the molecule is C[C@@]12CC[C@@H]3C[C@@]1(C(=O)Nc1ccccc1Br)OC[C@@]32C. The summed E-state index contributed by atoms with van der Waals surface area (Å²) in [6.07, 6.45) is 3.20. The predicted molar refractivity (Wildman–Crippen MR) is 85.0 cm³/mol. The number of ether oxygens (including phenoxy) is 1. The van der Waals surface area contributed by atoms with E-state index >= 15 is 0 Å². The molecule has 112 valence electrons. The van der Waals surface area contributed by atoms with Crippen LogP contribution in [0.25, 0.3) is 0 Å². The van der Waals surface area contributed by atoms with Crippen LogP contribution in [0.3, 0.4) is 0 Å². The average Bonchev–Trinajstić information content (AvgIpc) is 2.93. The number of hydrogen-bond acceptors (Lipinski definition) is 2. The van der Waals surface area contributed by atoms with Crippen molar-refractivity contribution in [1.29, 1.82) is 0 Å². The van der Waals surface area contributed by atoms with Crippen molar-refractivity contribution in [3.05, 3.63) is 28.7 Å². The van der Waals surface area contributed by atoms with Gasteiger partial charge in [0.2, 0.25) is 0 Å². The van der Waals surface area contributed by atoms with Gasteiger partial charge in [-0.15, -0.1) is 0 Å². The molecular formula is C17H20BrNO2. The first-order valence-corrected chi connectivity index (χ1v) is 8.42. The monoisotopic (exact) mass is 349 g/mol. The van der Waals surface area contributed by atoms with Gasteiger partial charge < -0.3 is 10.1 Å². The maximum absolute atomic E-state index is 13.0. The molecule has 0 unspecified atom stereocenters. The Morgan fingerprint density at radius 2 is 2.14 bits per heavy atom. The second kappa shape index (κ2) is 4.11. The fraction of sp³-hybridized carbons (Fsp3) is 0.588. The van der Waals surface area contributed by atoms with Crippen LogP contribution in [0.15, 0.2) is 28.7 Å². The van der Waals surface area contributed by atoms with E-state index in [1.165, 1.54) is 6.42 Å². The minimum atomic E-state index is -0.639. The summed E-state index contributed by atoms with van der Waals surface area (Å²) >= 11 is 3.49. The second-order valence-electron chi connectivity index (χ2n) is 7.24. The van der Waals surface area contributed by atoms with Gasteiger partial charge >= 0.3 is 0 Å². The zero-order valence-corrected chi connectivity index (χ0v) is 14.0.